The Morgan fingerprint density at radius 1 is 1.24 bits per heavy atom. The van der Waals surface area contributed by atoms with E-state index >= 15 is 0 Å². The van der Waals surface area contributed by atoms with Crippen LogP contribution in [-0.4, -0.2) is 22.0 Å². The Bertz CT molecular complexity index is 680. The van der Waals surface area contributed by atoms with E-state index < -0.39 is 23.6 Å². The number of nitrogens with zero attached hydrogens (tertiary/aromatic N) is 1. The van der Waals surface area contributed by atoms with E-state index in [0.717, 1.165) is 23.5 Å². The fraction of sp³-hybridized carbons (Fsp3) is 0.0833. The minimum atomic E-state index is -4.54. The third-order valence-corrected chi connectivity index (χ3v) is 3.33. The topological polar surface area (TPSA) is 79.3 Å². The summed E-state index contributed by atoms with van der Waals surface area (Å²) in [6.07, 6.45) is -3.99. The molecule has 0 radical (unpaired) electrons. The van der Waals surface area contributed by atoms with Crippen LogP contribution in [0, 0.1) is 0 Å². The standard InChI is InChI=1S/C12H7F3N2O3S/c13-12(14,15)6-1-2-8(16-5-6)10(18)17-7-3-4-21-9(7)11(19)20/h1-5H,(H,17,18)(H,19,20). The van der Waals surface area contributed by atoms with Gasteiger partial charge in [-0.05, 0) is 23.6 Å². The third-order valence-electron chi connectivity index (χ3n) is 2.43. The third kappa shape index (κ3) is 3.37. The molecule has 2 aromatic rings. The van der Waals surface area contributed by atoms with Crippen LogP contribution in [0.2, 0.25) is 0 Å². The molecule has 2 heterocycles. The van der Waals surface area contributed by atoms with Crippen molar-refractivity contribution in [3.8, 4) is 0 Å². The van der Waals surface area contributed by atoms with Gasteiger partial charge in [0, 0.05) is 6.20 Å². The van der Waals surface area contributed by atoms with Gasteiger partial charge in [-0.3, -0.25) is 9.78 Å². The van der Waals surface area contributed by atoms with Gasteiger partial charge in [0.15, 0.2) is 0 Å². The van der Waals surface area contributed by atoms with E-state index in [2.05, 4.69) is 10.3 Å². The van der Waals surface area contributed by atoms with Gasteiger partial charge in [0.2, 0.25) is 0 Å². The number of anilines is 1. The van der Waals surface area contributed by atoms with Crippen LogP contribution in [0.1, 0.15) is 25.7 Å². The Labute approximate surface area is 120 Å². The summed E-state index contributed by atoms with van der Waals surface area (Å²) in [5.74, 6) is -2.00. The Hall–Kier alpha value is -2.42. The molecule has 2 N–H and O–H groups in total. The molecule has 2 aromatic heterocycles. The van der Waals surface area contributed by atoms with Crippen molar-refractivity contribution in [2.24, 2.45) is 0 Å². The lowest BCUT2D eigenvalue weighted by Crippen LogP contribution is -2.16. The van der Waals surface area contributed by atoms with Crippen LogP contribution in [0.4, 0.5) is 18.9 Å². The van der Waals surface area contributed by atoms with E-state index in [1.165, 1.54) is 11.4 Å². The highest BCUT2D eigenvalue weighted by Gasteiger charge is 2.31. The molecule has 0 fully saturated rings. The molecule has 0 aliphatic heterocycles. The predicted molar refractivity (Wildman–Crippen MR) is 68.5 cm³/mol. The van der Waals surface area contributed by atoms with E-state index in [1.54, 1.807) is 0 Å². The largest absolute Gasteiger partial charge is 0.477 e. The van der Waals surface area contributed by atoms with Crippen LogP contribution >= 0.6 is 11.3 Å². The summed E-state index contributed by atoms with van der Waals surface area (Å²) in [7, 11) is 0. The van der Waals surface area contributed by atoms with Crippen molar-refractivity contribution in [2.75, 3.05) is 5.32 Å². The van der Waals surface area contributed by atoms with Crippen molar-refractivity contribution in [3.63, 3.8) is 0 Å². The van der Waals surface area contributed by atoms with Gasteiger partial charge in [-0.15, -0.1) is 11.3 Å². The fourth-order valence-electron chi connectivity index (χ4n) is 1.46. The second kappa shape index (κ2) is 5.52. The van der Waals surface area contributed by atoms with Gasteiger partial charge >= 0.3 is 12.1 Å². The number of aromatic carboxylic acids is 1. The molecule has 0 aliphatic rings. The van der Waals surface area contributed by atoms with Gasteiger partial charge in [0.05, 0.1) is 11.3 Å². The summed E-state index contributed by atoms with van der Waals surface area (Å²) in [6, 6.07) is 3.04. The molecule has 110 valence electrons. The van der Waals surface area contributed by atoms with Crippen molar-refractivity contribution in [2.45, 2.75) is 6.18 Å². The molecule has 0 saturated heterocycles. The van der Waals surface area contributed by atoms with Crippen LogP contribution < -0.4 is 5.32 Å². The maximum Gasteiger partial charge on any atom is 0.417 e. The van der Waals surface area contributed by atoms with E-state index in [1.807, 2.05) is 0 Å². The zero-order valence-electron chi connectivity index (χ0n) is 10.1. The number of carbonyl (C=O) groups excluding carboxylic acids is 1. The Kier molecular flexibility index (Phi) is 3.94. The highest BCUT2D eigenvalue weighted by atomic mass is 32.1. The van der Waals surface area contributed by atoms with E-state index in [9.17, 15) is 22.8 Å². The Balaban J connectivity index is 2.17. The maximum atomic E-state index is 12.4. The summed E-state index contributed by atoms with van der Waals surface area (Å²) < 4.78 is 37.1. The van der Waals surface area contributed by atoms with Crippen LogP contribution in [0.3, 0.4) is 0 Å². The van der Waals surface area contributed by atoms with Crippen LogP contribution in [0.5, 0.6) is 0 Å². The minimum Gasteiger partial charge on any atom is -0.477 e. The number of thiophene rings is 1. The number of carbonyl (C=O) groups is 2. The molecule has 0 spiro atoms. The molecule has 0 atom stereocenters. The number of pyridine rings is 1. The lowest BCUT2D eigenvalue weighted by Gasteiger charge is -2.07. The molecule has 0 unspecified atom stereocenters. The van der Waals surface area contributed by atoms with Crippen molar-refractivity contribution >= 4 is 28.9 Å². The first kappa shape index (κ1) is 15.0. The van der Waals surface area contributed by atoms with Gasteiger partial charge in [-0.1, -0.05) is 0 Å². The molecule has 0 bridgehead atoms. The minimum absolute atomic E-state index is 0.0687. The van der Waals surface area contributed by atoms with Crippen LogP contribution in [0.25, 0.3) is 0 Å². The molecule has 2 rings (SSSR count). The number of hydrogen-bond donors (Lipinski definition) is 2. The van der Waals surface area contributed by atoms with E-state index in [0.29, 0.717) is 6.20 Å². The van der Waals surface area contributed by atoms with Crippen molar-refractivity contribution in [3.05, 3.63) is 45.9 Å². The normalized spacial score (nSPS) is 11.2. The monoisotopic (exact) mass is 316 g/mol. The molecular weight excluding hydrogens is 309 g/mol. The average Bonchev–Trinajstić information content (AvgIpc) is 2.86. The second-order valence-corrected chi connectivity index (χ2v) is 4.77. The highest BCUT2D eigenvalue weighted by molar-refractivity contribution is 7.12. The van der Waals surface area contributed by atoms with E-state index in [4.69, 9.17) is 5.11 Å². The SMILES string of the molecule is O=C(Nc1ccsc1C(=O)O)c1ccc(C(F)(F)F)cn1. The zero-order chi connectivity index (χ0) is 15.6. The lowest BCUT2D eigenvalue weighted by atomic mass is 10.2. The number of alkyl halides is 3. The molecule has 0 saturated carbocycles. The molecule has 9 heteroatoms. The first-order chi connectivity index (χ1) is 9.79. The Morgan fingerprint density at radius 2 is 1.95 bits per heavy atom. The summed E-state index contributed by atoms with van der Waals surface area (Å²) in [5.41, 5.74) is -1.15. The zero-order valence-corrected chi connectivity index (χ0v) is 11.0. The van der Waals surface area contributed by atoms with Gasteiger partial charge in [-0.2, -0.15) is 13.2 Å². The van der Waals surface area contributed by atoms with Gasteiger partial charge in [0.25, 0.3) is 5.91 Å². The molecule has 1 amide bonds. The molecule has 21 heavy (non-hydrogen) atoms. The average molecular weight is 316 g/mol. The number of hydrogen-bond acceptors (Lipinski definition) is 4. The summed E-state index contributed by atoms with van der Waals surface area (Å²) in [5, 5.41) is 12.6. The number of carboxylic acids is 1. The Morgan fingerprint density at radius 3 is 2.48 bits per heavy atom. The van der Waals surface area contributed by atoms with Gasteiger partial charge < -0.3 is 10.4 Å². The number of rotatable bonds is 3. The number of nitrogens with one attached hydrogen (secondary N) is 1. The second-order valence-electron chi connectivity index (χ2n) is 3.85. The molecule has 0 aliphatic carbocycles. The number of halogens is 3. The lowest BCUT2D eigenvalue weighted by molar-refractivity contribution is -0.137. The fourth-order valence-corrected chi connectivity index (χ4v) is 2.14. The summed E-state index contributed by atoms with van der Waals surface area (Å²) in [4.78, 5) is 26.0. The summed E-state index contributed by atoms with van der Waals surface area (Å²) in [6.45, 7) is 0. The van der Waals surface area contributed by atoms with E-state index in [-0.39, 0.29) is 16.3 Å². The van der Waals surface area contributed by atoms with Gasteiger partial charge in [-0.25, -0.2) is 4.79 Å². The van der Waals surface area contributed by atoms with Gasteiger partial charge in [0.1, 0.15) is 10.6 Å². The number of aromatic nitrogens is 1. The summed E-state index contributed by atoms with van der Waals surface area (Å²) >= 11 is 0.917. The first-order valence-electron chi connectivity index (χ1n) is 5.44. The quantitative estimate of drug-likeness (QED) is 0.912. The van der Waals surface area contributed by atoms with Crippen molar-refractivity contribution in [1.29, 1.82) is 0 Å². The van der Waals surface area contributed by atoms with Crippen LogP contribution in [0.15, 0.2) is 29.8 Å². The highest BCUT2D eigenvalue weighted by Crippen LogP contribution is 2.28. The predicted octanol–water partition coefficient (Wildman–Crippen LogP) is 3.11. The maximum absolute atomic E-state index is 12.4. The van der Waals surface area contributed by atoms with Crippen LogP contribution in [-0.2, 0) is 6.18 Å². The molecular formula is C12H7F3N2O3S. The number of amides is 1. The smallest absolute Gasteiger partial charge is 0.417 e. The molecule has 5 nitrogen and oxygen atoms in total. The van der Waals surface area contributed by atoms with Crippen molar-refractivity contribution < 1.29 is 27.9 Å². The number of carboxylic acid groups (broad SMARTS) is 1. The van der Waals surface area contributed by atoms with Crippen molar-refractivity contribution in [1.82, 2.24) is 4.98 Å². The first-order valence-corrected chi connectivity index (χ1v) is 6.32. The molecule has 0 aromatic carbocycles.